The number of amides is 2. The third-order valence-electron chi connectivity index (χ3n) is 4.76. The van der Waals surface area contributed by atoms with Crippen molar-refractivity contribution in [1.82, 2.24) is 14.9 Å². The molecule has 1 aromatic heterocycles. The van der Waals surface area contributed by atoms with Gasteiger partial charge in [0.2, 0.25) is 11.5 Å². The first-order valence-electron chi connectivity index (χ1n) is 9.32. The van der Waals surface area contributed by atoms with Crippen molar-refractivity contribution < 1.29 is 19.4 Å². The number of primary amides is 1. The van der Waals surface area contributed by atoms with Crippen molar-refractivity contribution in [2.75, 3.05) is 32.6 Å². The Morgan fingerprint density at radius 2 is 2.27 bits per heavy atom. The number of nitrogens with two attached hydrogens (primary N) is 1. The van der Waals surface area contributed by atoms with E-state index in [4.69, 9.17) is 10.5 Å². The van der Waals surface area contributed by atoms with Gasteiger partial charge in [0.05, 0.1) is 12.6 Å². The lowest BCUT2D eigenvalue weighted by Gasteiger charge is -2.19. The molecule has 2 heterocycles. The van der Waals surface area contributed by atoms with Crippen molar-refractivity contribution in [1.29, 1.82) is 0 Å². The number of hydrogen-bond donors (Lipinski definition) is 3. The third-order valence-corrected chi connectivity index (χ3v) is 4.76. The molecule has 156 valence electrons. The van der Waals surface area contributed by atoms with E-state index in [1.54, 1.807) is 20.2 Å². The molecule has 2 aromatic rings. The van der Waals surface area contributed by atoms with Crippen LogP contribution in [0.2, 0.25) is 0 Å². The molecule has 3 rings (SSSR count). The number of nitrogens with one attached hydrogen (secondary N) is 1. The number of carbonyl (C=O) groups excluding carboxylic acids is 2. The van der Waals surface area contributed by atoms with Crippen LogP contribution in [0.4, 0.5) is 5.95 Å². The lowest BCUT2D eigenvalue weighted by Crippen LogP contribution is -2.37. The zero-order chi connectivity index (χ0) is 21.7. The molecule has 1 saturated heterocycles. The van der Waals surface area contributed by atoms with E-state index in [0.717, 1.165) is 5.56 Å². The minimum atomic E-state index is -1.65. The average Bonchev–Trinajstić information content (AvgIpc) is 3.00. The number of rotatable bonds is 6. The predicted octanol–water partition coefficient (Wildman–Crippen LogP) is 0.320. The number of ether oxygens (including phenoxy) is 1. The van der Waals surface area contributed by atoms with E-state index in [1.807, 2.05) is 18.2 Å². The number of nitrogens with zero attached hydrogens (tertiary/aromatic N) is 3. The Balaban J connectivity index is 1.83. The summed E-state index contributed by atoms with van der Waals surface area (Å²) in [5, 5.41) is 13.6. The van der Waals surface area contributed by atoms with Gasteiger partial charge in [0.1, 0.15) is 5.69 Å². The lowest BCUT2D eigenvalue weighted by atomic mass is 10.0. The molecule has 0 saturated carbocycles. The number of carbonyl (C=O) groups is 2. The van der Waals surface area contributed by atoms with E-state index in [1.165, 1.54) is 17.2 Å². The summed E-state index contributed by atoms with van der Waals surface area (Å²) in [5.41, 5.74) is 5.19. The molecule has 1 unspecified atom stereocenters. The standard InChI is InChI=1S/C21H23N5O4/c1-26-11-9-21(29,19(26)28)8-6-14-4-3-5-15(12-14)17(13-30-2)25-20-23-10-7-16(24-20)18(22)27/h3-5,7,10,12,17,29H,9,11,13H2,1-2H3,(H2,22,27)(H,23,24,25)/t17?,21-/m0/s1. The smallest absolute Gasteiger partial charge is 0.267 e. The molecule has 1 fully saturated rings. The summed E-state index contributed by atoms with van der Waals surface area (Å²) in [6.07, 6.45) is 1.72. The van der Waals surface area contributed by atoms with E-state index < -0.39 is 17.4 Å². The Morgan fingerprint density at radius 3 is 2.93 bits per heavy atom. The zero-order valence-electron chi connectivity index (χ0n) is 16.8. The summed E-state index contributed by atoms with van der Waals surface area (Å²) in [5.74, 6) is 4.80. The molecule has 30 heavy (non-hydrogen) atoms. The molecule has 2 amide bonds. The van der Waals surface area contributed by atoms with Crippen molar-refractivity contribution in [3.63, 3.8) is 0 Å². The van der Waals surface area contributed by atoms with Gasteiger partial charge in [0.15, 0.2) is 0 Å². The van der Waals surface area contributed by atoms with Gasteiger partial charge in [-0.2, -0.15) is 0 Å². The van der Waals surface area contributed by atoms with Crippen molar-refractivity contribution in [3.8, 4) is 11.8 Å². The van der Waals surface area contributed by atoms with E-state index in [0.29, 0.717) is 18.7 Å². The second-order valence-electron chi connectivity index (χ2n) is 6.99. The average molecular weight is 409 g/mol. The highest BCUT2D eigenvalue weighted by atomic mass is 16.5. The van der Waals surface area contributed by atoms with Gasteiger partial charge in [0, 0.05) is 38.9 Å². The molecule has 2 atom stereocenters. The molecule has 9 heteroatoms. The second kappa shape index (κ2) is 8.90. The Bertz CT molecular complexity index is 1020. The normalized spacial score (nSPS) is 19.2. The summed E-state index contributed by atoms with van der Waals surface area (Å²) in [7, 11) is 3.20. The Kier molecular flexibility index (Phi) is 6.30. The lowest BCUT2D eigenvalue weighted by molar-refractivity contribution is -0.137. The van der Waals surface area contributed by atoms with E-state index in [9.17, 15) is 14.7 Å². The number of aliphatic hydroxyl groups is 1. The topological polar surface area (TPSA) is 131 Å². The predicted molar refractivity (Wildman–Crippen MR) is 109 cm³/mol. The summed E-state index contributed by atoms with van der Waals surface area (Å²) in [4.78, 5) is 33.1. The number of aromatic nitrogens is 2. The summed E-state index contributed by atoms with van der Waals surface area (Å²) >= 11 is 0. The Labute approximate surface area is 174 Å². The molecule has 0 bridgehead atoms. The number of likely N-dealkylation sites (N-methyl/N-ethyl adjacent to an activating group) is 1. The highest BCUT2D eigenvalue weighted by Crippen LogP contribution is 2.22. The summed E-state index contributed by atoms with van der Waals surface area (Å²) in [6.45, 7) is 0.766. The maximum Gasteiger partial charge on any atom is 0.267 e. The number of methoxy groups -OCH3 is 1. The van der Waals surface area contributed by atoms with E-state index in [-0.39, 0.29) is 24.1 Å². The molecular weight excluding hydrogens is 386 g/mol. The number of likely N-dealkylation sites (tertiary alicyclic amines) is 1. The summed E-state index contributed by atoms with van der Waals surface area (Å²) in [6, 6.07) is 8.41. The molecule has 9 nitrogen and oxygen atoms in total. The fourth-order valence-electron chi connectivity index (χ4n) is 3.09. The van der Waals surface area contributed by atoms with Crippen LogP contribution >= 0.6 is 0 Å². The largest absolute Gasteiger partial charge is 0.382 e. The van der Waals surface area contributed by atoms with Gasteiger partial charge in [-0.25, -0.2) is 9.97 Å². The first-order chi connectivity index (χ1) is 14.3. The van der Waals surface area contributed by atoms with Crippen LogP contribution < -0.4 is 11.1 Å². The van der Waals surface area contributed by atoms with Gasteiger partial charge in [-0.1, -0.05) is 24.0 Å². The molecule has 1 aliphatic rings. The maximum atomic E-state index is 12.1. The van der Waals surface area contributed by atoms with Crippen LogP contribution in [-0.4, -0.2) is 64.7 Å². The van der Waals surface area contributed by atoms with Gasteiger partial charge in [-0.3, -0.25) is 9.59 Å². The highest BCUT2D eigenvalue weighted by Gasteiger charge is 2.42. The quantitative estimate of drug-likeness (QED) is 0.586. The van der Waals surface area contributed by atoms with Crippen LogP contribution in [0.1, 0.15) is 34.1 Å². The molecular formula is C21H23N5O4. The highest BCUT2D eigenvalue weighted by molar-refractivity contribution is 5.91. The monoisotopic (exact) mass is 409 g/mol. The fourth-order valence-corrected chi connectivity index (χ4v) is 3.09. The molecule has 1 aromatic carbocycles. The molecule has 0 radical (unpaired) electrons. The van der Waals surface area contributed by atoms with Crippen LogP contribution in [0, 0.1) is 11.8 Å². The van der Waals surface area contributed by atoms with Crippen LogP contribution in [0.5, 0.6) is 0 Å². The minimum absolute atomic E-state index is 0.0997. The van der Waals surface area contributed by atoms with Crippen molar-refractivity contribution >= 4 is 17.8 Å². The Hall–Kier alpha value is -3.48. The molecule has 0 aliphatic carbocycles. The Morgan fingerprint density at radius 1 is 1.47 bits per heavy atom. The second-order valence-corrected chi connectivity index (χ2v) is 6.99. The van der Waals surface area contributed by atoms with Crippen LogP contribution in [0.25, 0.3) is 0 Å². The van der Waals surface area contributed by atoms with Gasteiger partial charge in [-0.05, 0) is 23.8 Å². The van der Waals surface area contributed by atoms with Gasteiger partial charge >= 0.3 is 0 Å². The van der Waals surface area contributed by atoms with E-state index >= 15 is 0 Å². The van der Waals surface area contributed by atoms with Crippen molar-refractivity contribution in [2.24, 2.45) is 5.73 Å². The van der Waals surface area contributed by atoms with Gasteiger partial charge < -0.3 is 25.8 Å². The fraction of sp³-hybridized carbons (Fsp3) is 0.333. The van der Waals surface area contributed by atoms with Gasteiger partial charge in [-0.15, -0.1) is 0 Å². The van der Waals surface area contributed by atoms with Gasteiger partial charge in [0.25, 0.3) is 11.8 Å². The minimum Gasteiger partial charge on any atom is -0.382 e. The molecule has 4 N–H and O–H groups in total. The van der Waals surface area contributed by atoms with Crippen molar-refractivity contribution in [3.05, 3.63) is 53.3 Å². The van der Waals surface area contributed by atoms with Crippen molar-refractivity contribution in [2.45, 2.75) is 18.1 Å². The molecule has 1 aliphatic heterocycles. The number of benzene rings is 1. The SMILES string of the molecule is COCC(Nc1nccc(C(N)=O)n1)c1cccc(C#C[C@]2(O)CCN(C)C2=O)c1. The number of anilines is 1. The molecule has 0 spiro atoms. The summed E-state index contributed by atoms with van der Waals surface area (Å²) < 4.78 is 5.30. The van der Waals surface area contributed by atoms with Crippen LogP contribution in [0.3, 0.4) is 0 Å². The van der Waals surface area contributed by atoms with E-state index in [2.05, 4.69) is 27.1 Å². The van der Waals surface area contributed by atoms with Crippen LogP contribution in [-0.2, 0) is 9.53 Å². The van der Waals surface area contributed by atoms with Crippen LogP contribution in [0.15, 0.2) is 36.5 Å². The first kappa shape index (κ1) is 21.2. The third kappa shape index (κ3) is 4.74. The zero-order valence-corrected chi connectivity index (χ0v) is 16.8. The maximum absolute atomic E-state index is 12.1. The number of hydrogen-bond acceptors (Lipinski definition) is 7. The first-order valence-corrected chi connectivity index (χ1v) is 9.32.